The van der Waals surface area contributed by atoms with Crippen LogP contribution < -0.4 is 20.1 Å². The standard InChI is InChI=1S/C21H36N4O3.HI/c1-6-22-20(24-16-21(3,4)25-10-12-27-13-11-25)23-15-17-8-9-18(28-7-2)19(14-17)26-5;/h8-9,14H,6-7,10-13,15-16H2,1-5H3,(H2,22,23,24);1H. The first-order valence-corrected chi connectivity index (χ1v) is 10.1. The molecule has 1 aliphatic heterocycles. The smallest absolute Gasteiger partial charge is 0.191 e. The van der Waals surface area contributed by atoms with Crippen molar-refractivity contribution in [2.24, 2.45) is 4.99 Å². The summed E-state index contributed by atoms with van der Waals surface area (Å²) >= 11 is 0. The highest BCUT2D eigenvalue weighted by Gasteiger charge is 2.28. The third kappa shape index (κ3) is 8.18. The van der Waals surface area contributed by atoms with Gasteiger partial charge in [0, 0.05) is 31.7 Å². The van der Waals surface area contributed by atoms with E-state index in [-0.39, 0.29) is 29.5 Å². The normalized spacial score (nSPS) is 15.4. The molecule has 1 saturated heterocycles. The number of methoxy groups -OCH3 is 1. The number of benzene rings is 1. The van der Waals surface area contributed by atoms with E-state index in [2.05, 4.69) is 36.3 Å². The van der Waals surface area contributed by atoms with Gasteiger partial charge in [-0.1, -0.05) is 6.07 Å². The lowest BCUT2D eigenvalue weighted by atomic mass is 10.0. The number of hydrogen-bond donors (Lipinski definition) is 2. The Hall–Kier alpha value is -1.26. The first-order chi connectivity index (χ1) is 13.5. The molecule has 2 rings (SSSR count). The molecule has 0 spiro atoms. The Kier molecular flexibility index (Phi) is 11.7. The van der Waals surface area contributed by atoms with Gasteiger partial charge < -0.3 is 24.8 Å². The molecule has 1 heterocycles. The first kappa shape index (κ1) is 25.8. The zero-order valence-electron chi connectivity index (χ0n) is 18.4. The van der Waals surface area contributed by atoms with Crippen LogP contribution in [0.3, 0.4) is 0 Å². The molecule has 8 heteroatoms. The minimum Gasteiger partial charge on any atom is -0.493 e. The van der Waals surface area contributed by atoms with Crippen molar-refractivity contribution in [2.75, 3.05) is 53.1 Å². The lowest BCUT2D eigenvalue weighted by molar-refractivity contribution is -0.00834. The van der Waals surface area contributed by atoms with Crippen LogP contribution in [0.1, 0.15) is 33.3 Å². The molecule has 0 radical (unpaired) electrons. The van der Waals surface area contributed by atoms with Crippen molar-refractivity contribution in [1.82, 2.24) is 15.5 Å². The number of hydrogen-bond acceptors (Lipinski definition) is 5. The van der Waals surface area contributed by atoms with E-state index in [9.17, 15) is 0 Å². The minimum absolute atomic E-state index is 0. The first-order valence-electron chi connectivity index (χ1n) is 10.1. The Morgan fingerprint density at radius 3 is 2.52 bits per heavy atom. The summed E-state index contributed by atoms with van der Waals surface area (Å²) in [5.74, 6) is 2.31. The van der Waals surface area contributed by atoms with E-state index < -0.39 is 0 Å². The van der Waals surface area contributed by atoms with Crippen molar-refractivity contribution in [2.45, 2.75) is 39.8 Å². The SMILES string of the molecule is CCNC(=NCc1ccc(OCC)c(OC)c1)NCC(C)(C)N1CCOCC1.I. The Bertz CT molecular complexity index is 634. The predicted molar refractivity (Wildman–Crippen MR) is 129 cm³/mol. The highest BCUT2D eigenvalue weighted by atomic mass is 127. The van der Waals surface area contributed by atoms with Gasteiger partial charge in [-0.25, -0.2) is 4.99 Å². The molecule has 0 amide bonds. The lowest BCUT2D eigenvalue weighted by Gasteiger charge is -2.41. The van der Waals surface area contributed by atoms with Crippen LogP contribution in [0, 0.1) is 0 Å². The van der Waals surface area contributed by atoms with Crippen molar-refractivity contribution >= 4 is 29.9 Å². The molecule has 166 valence electrons. The zero-order valence-corrected chi connectivity index (χ0v) is 20.7. The number of guanidine groups is 1. The molecule has 0 saturated carbocycles. The van der Waals surface area contributed by atoms with Crippen molar-refractivity contribution in [1.29, 1.82) is 0 Å². The average molecular weight is 520 g/mol. The second-order valence-corrected chi connectivity index (χ2v) is 7.38. The lowest BCUT2D eigenvalue weighted by Crippen LogP contribution is -2.56. The summed E-state index contributed by atoms with van der Waals surface area (Å²) in [6.07, 6.45) is 0. The fourth-order valence-electron chi connectivity index (χ4n) is 3.18. The number of ether oxygens (including phenoxy) is 3. The van der Waals surface area contributed by atoms with Crippen LogP contribution in [0.15, 0.2) is 23.2 Å². The number of nitrogens with zero attached hydrogens (tertiary/aromatic N) is 2. The molecule has 2 N–H and O–H groups in total. The minimum atomic E-state index is 0. The summed E-state index contributed by atoms with van der Waals surface area (Å²) in [6.45, 7) is 14.9. The Labute approximate surface area is 192 Å². The van der Waals surface area contributed by atoms with Crippen LogP contribution in [0.2, 0.25) is 0 Å². The van der Waals surface area contributed by atoms with Crippen LogP contribution in [-0.4, -0.2) is 69.5 Å². The molecule has 1 fully saturated rings. The second kappa shape index (κ2) is 13.1. The Morgan fingerprint density at radius 1 is 1.17 bits per heavy atom. The number of nitrogens with one attached hydrogen (secondary N) is 2. The van der Waals surface area contributed by atoms with Gasteiger partial charge in [0.2, 0.25) is 0 Å². The van der Waals surface area contributed by atoms with E-state index in [4.69, 9.17) is 19.2 Å². The number of rotatable bonds is 9. The fraction of sp³-hybridized carbons (Fsp3) is 0.667. The van der Waals surface area contributed by atoms with Gasteiger partial charge in [0.25, 0.3) is 0 Å². The van der Waals surface area contributed by atoms with E-state index in [1.807, 2.05) is 25.1 Å². The van der Waals surface area contributed by atoms with E-state index >= 15 is 0 Å². The van der Waals surface area contributed by atoms with E-state index in [1.165, 1.54) is 0 Å². The summed E-state index contributed by atoms with van der Waals surface area (Å²) in [7, 11) is 1.66. The van der Waals surface area contributed by atoms with Crippen LogP contribution in [-0.2, 0) is 11.3 Å². The monoisotopic (exact) mass is 520 g/mol. The third-order valence-corrected chi connectivity index (χ3v) is 4.85. The molecule has 0 aliphatic carbocycles. The van der Waals surface area contributed by atoms with Crippen LogP contribution in [0.5, 0.6) is 11.5 Å². The van der Waals surface area contributed by atoms with Crippen molar-refractivity contribution in [3.63, 3.8) is 0 Å². The van der Waals surface area contributed by atoms with E-state index in [0.29, 0.717) is 13.2 Å². The van der Waals surface area contributed by atoms with Gasteiger partial charge in [-0.15, -0.1) is 24.0 Å². The number of morpholine rings is 1. The molecule has 1 aromatic carbocycles. The van der Waals surface area contributed by atoms with Crippen molar-refractivity contribution in [3.8, 4) is 11.5 Å². The maximum atomic E-state index is 5.58. The number of aliphatic imine (C=N–C) groups is 1. The van der Waals surface area contributed by atoms with E-state index in [0.717, 1.165) is 62.4 Å². The van der Waals surface area contributed by atoms with Gasteiger partial charge in [0.1, 0.15) is 0 Å². The highest BCUT2D eigenvalue weighted by molar-refractivity contribution is 14.0. The predicted octanol–water partition coefficient (Wildman–Crippen LogP) is 2.88. The quantitative estimate of drug-likeness (QED) is 0.297. The van der Waals surface area contributed by atoms with Crippen LogP contribution in [0.4, 0.5) is 0 Å². The largest absolute Gasteiger partial charge is 0.493 e. The maximum absolute atomic E-state index is 5.58. The molecule has 29 heavy (non-hydrogen) atoms. The van der Waals surface area contributed by atoms with Crippen LogP contribution in [0.25, 0.3) is 0 Å². The summed E-state index contributed by atoms with van der Waals surface area (Å²) in [5.41, 5.74) is 1.10. The maximum Gasteiger partial charge on any atom is 0.191 e. The molecule has 7 nitrogen and oxygen atoms in total. The van der Waals surface area contributed by atoms with Gasteiger partial charge in [-0.2, -0.15) is 0 Å². The van der Waals surface area contributed by atoms with Gasteiger partial charge in [0.15, 0.2) is 17.5 Å². The summed E-state index contributed by atoms with van der Waals surface area (Å²) in [4.78, 5) is 7.20. The molecule has 0 unspecified atom stereocenters. The van der Waals surface area contributed by atoms with Crippen molar-refractivity contribution in [3.05, 3.63) is 23.8 Å². The summed E-state index contributed by atoms with van der Waals surface area (Å²) in [5, 5.41) is 6.82. The second-order valence-electron chi connectivity index (χ2n) is 7.38. The van der Waals surface area contributed by atoms with Gasteiger partial charge in [-0.3, -0.25) is 4.90 Å². The van der Waals surface area contributed by atoms with E-state index in [1.54, 1.807) is 7.11 Å². The molecule has 0 bridgehead atoms. The molecule has 1 aromatic rings. The molecule has 0 atom stereocenters. The van der Waals surface area contributed by atoms with Gasteiger partial charge in [-0.05, 0) is 45.4 Å². The summed E-state index contributed by atoms with van der Waals surface area (Å²) in [6, 6.07) is 5.95. The fourth-order valence-corrected chi connectivity index (χ4v) is 3.18. The van der Waals surface area contributed by atoms with Gasteiger partial charge in [0.05, 0.1) is 33.5 Å². The molecular formula is C21H37IN4O3. The molecular weight excluding hydrogens is 483 g/mol. The topological polar surface area (TPSA) is 67.4 Å². The Morgan fingerprint density at radius 2 is 1.90 bits per heavy atom. The molecule has 1 aliphatic rings. The van der Waals surface area contributed by atoms with Crippen molar-refractivity contribution < 1.29 is 14.2 Å². The zero-order chi connectivity index (χ0) is 20.4. The Balaban J connectivity index is 0.00000420. The van der Waals surface area contributed by atoms with Gasteiger partial charge >= 0.3 is 0 Å². The molecule has 0 aromatic heterocycles. The summed E-state index contributed by atoms with van der Waals surface area (Å²) < 4.78 is 16.5. The number of halogens is 1. The average Bonchev–Trinajstić information content (AvgIpc) is 2.71. The third-order valence-electron chi connectivity index (χ3n) is 4.85. The highest BCUT2D eigenvalue weighted by Crippen LogP contribution is 2.28. The van der Waals surface area contributed by atoms with Crippen LogP contribution >= 0.6 is 24.0 Å².